The maximum atomic E-state index is 12.8. The van der Waals surface area contributed by atoms with Crippen molar-refractivity contribution in [2.75, 3.05) is 157 Å². The van der Waals surface area contributed by atoms with Crippen LogP contribution in [-0.4, -0.2) is 279 Å². The lowest BCUT2D eigenvalue weighted by Gasteiger charge is -2.32. The summed E-state index contributed by atoms with van der Waals surface area (Å²) >= 11 is 0. The molecule has 0 aliphatic heterocycles. The number of carbonyl (C=O) groups is 6. The van der Waals surface area contributed by atoms with Gasteiger partial charge in [-0.2, -0.15) is 0 Å². The minimum absolute atomic E-state index is 0.0237. The summed E-state index contributed by atoms with van der Waals surface area (Å²) in [4.78, 5) is 84.6. The molecule has 0 saturated heterocycles. The first-order chi connectivity index (χ1) is 33.4. The summed E-state index contributed by atoms with van der Waals surface area (Å²) in [6, 6.07) is 0. The van der Waals surface area contributed by atoms with E-state index in [1.807, 2.05) is 14.7 Å². The molecule has 0 fully saturated rings. The molecule has 0 aromatic heterocycles. The molecule has 24 N–H and O–H groups in total. The summed E-state index contributed by atoms with van der Waals surface area (Å²) in [6.07, 6.45) is -5.39. The molecular formula is C42H90N16O12. The van der Waals surface area contributed by atoms with Gasteiger partial charge in [-0.05, 0) is 0 Å². The Balaban J connectivity index is 6.63. The number of carbonyl (C=O) groups excluding carboxylic acids is 6. The van der Waals surface area contributed by atoms with Crippen molar-refractivity contribution in [3.63, 3.8) is 0 Å². The van der Waals surface area contributed by atoms with E-state index in [1.165, 1.54) is 0 Å². The van der Waals surface area contributed by atoms with E-state index in [4.69, 9.17) is 34.4 Å². The first-order valence-electron chi connectivity index (χ1n) is 24.2. The molecule has 410 valence electrons. The van der Waals surface area contributed by atoms with Crippen molar-refractivity contribution in [2.24, 2.45) is 34.4 Å². The highest BCUT2D eigenvalue weighted by molar-refractivity contribution is 5.78. The summed E-state index contributed by atoms with van der Waals surface area (Å²) in [7, 11) is 0. The van der Waals surface area contributed by atoms with Crippen LogP contribution in [-0.2, 0) is 28.8 Å². The van der Waals surface area contributed by atoms with Crippen LogP contribution in [0.1, 0.15) is 38.5 Å². The molecule has 0 aliphatic carbocycles. The fourth-order valence-electron chi connectivity index (χ4n) is 6.17. The number of hydrogen-bond donors (Lipinski definition) is 18. The highest BCUT2D eigenvalue weighted by atomic mass is 16.3. The van der Waals surface area contributed by atoms with E-state index in [0.29, 0.717) is 39.3 Å². The minimum atomic E-state index is -0.922. The van der Waals surface area contributed by atoms with Crippen LogP contribution in [0.5, 0.6) is 0 Å². The fourth-order valence-corrected chi connectivity index (χ4v) is 6.17. The predicted molar refractivity (Wildman–Crippen MR) is 262 cm³/mol. The molecular weight excluding hydrogens is 921 g/mol. The summed E-state index contributed by atoms with van der Waals surface area (Å²) in [5, 5.41) is 75.0. The first kappa shape index (κ1) is 66.2. The molecule has 70 heavy (non-hydrogen) atoms. The number of rotatable bonds is 45. The second-order valence-electron chi connectivity index (χ2n) is 17.0. The van der Waals surface area contributed by atoms with Crippen LogP contribution < -0.4 is 66.3 Å². The minimum Gasteiger partial charge on any atom is -0.390 e. The number of nitrogens with one attached hydrogen (secondary N) is 6. The zero-order valence-corrected chi connectivity index (χ0v) is 41.1. The van der Waals surface area contributed by atoms with Gasteiger partial charge in [0, 0.05) is 196 Å². The van der Waals surface area contributed by atoms with Gasteiger partial charge in [-0.15, -0.1) is 0 Å². The van der Waals surface area contributed by atoms with Crippen molar-refractivity contribution < 1.29 is 59.4 Å². The van der Waals surface area contributed by atoms with Crippen molar-refractivity contribution in [3.05, 3.63) is 0 Å². The number of hydrogen-bond acceptors (Lipinski definition) is 22. The Morgan fingerprint density at radius 3 is 0.529 bits per heavy atom. The molecule has 0 spiro atoms. The maximum absolute atomic E-state index is 12.8. The average molecular weight is 1010 g/mol. The number of aliphatic hydroxyl groups excluding tert-OH is 6. The van der Waals surface area contributed by atoms with Crippen LogP contribution in [0.3, 0.4) is 0 Å². The van der Waals surface area contributed by atoms with Gasteiger partial charge in [0.1, 0.15) is 0 Å². The SMILES string of the molecule is NCC(O)CNC(=O)CCN(CCC(=O)NCC(O)CN)CCN(CCN(CCC(=O)NCC(O)CN)CCC(=O)NCC(O)CN)CCN(CCC(=O)NCC(O)CN)CCC(=O)NCC(O)CN. The zero-order chi connectivity index (χ0) is 52.7. The van der Waals surface area contributed by atoms with Gasteiger partial charge >= 0.3 is 0 Å². The van der Waals surface area contributed by atoms with Gasteiger partial charge < -0.3 is 112 Å². The average Bonchev–Trinajstić information content (AvgIpc) is 3.36. The van der Waals surface area contributed by atoms with Crippen LogP contribution in [0.2, 0.25) is 0 Å². The third-order valence-electron chi connectivity index (χ3n) is 11.0. The first-order valence-corrected chi connectivity index (χ1v) is 24.2. The van der Waals surface area contributed by atoms with E-state index in [0.717, 1.165) is 0 Å². The lowest BCUT2D eigenvalue weighted by Crippen LogP contribution is -2.46. The van der Waals surface area contributed by atoms with Gasteiger partial charge in [-0.3, -0.25) is 33.7 Å². The Hall–Kier alpha value is -3.82. The van der Waals surface area contributed by atoms with Gasteiger partial charge in [-0.1, -0.05) is 0 Å². The van der Waals surface area contributed by atoms with Crippen molar-refractivity contribution >= 4 is 35.4 Å². The monoisotopic (exact) mass is 1010 g/mol. The van der Waals surface area contributed by atoms with Gasteiger partial charge in [-0.25, -0.2) is 0 Å². The Labute approximate surface area is 412 Å². The van der Waals surface area contributed by atoms with Crippen molar-refractivity contribution in [2.45, 2.75) is 75.1 Å². The Morgan fingerprint density at radius 1 is 0.271 bits per heavy atom. The molecule has 6 atom stereocenters. The van der Waals surface area contributed by atoms with E-state index in [9.17, 15) is 59.4 Å². The van der Waals surface area contributed by atoms with E-state index in [2.05, 4.69) is 36.8 Å². The fraction of sp³-hybridized carbons (Fsp3) is 0.857. The van der Waals surface area contributed by atoms with Crippen LogP contribution in [0.25, 0.3) is 0 Å². The van der Waals surface area contributed by atoms with Gasteiger partial charge in [0.25, 0.3) is 0 Å². The second kappa shape index (κ2) is 41.8. The van der Waals surface area contributed by atoms with Crippen LogP contribution in [0.4, 0.5) is 0 Å². The predicted octanol–water partition coefficient (Wildman–Crippen LogP) is -10.9. The molecule has 0 heterocycles. The normalized spacial score (nSPS) is 14.2. The third kappa shape index (κ3) is 37.0. The lowest BCUT2D eigenvalue weighted by molar-refractivity contribution is -0.123. The highest BCUT2D eigenvalue weighted by Gasteiger charge is 2.20. The molecule has 28 nitrogen and oxygen atoms in total. The summed E-state index contributed by atoms with van der Waals surface area (Å²) < 4.78 is 0. The standard InChI is InChI=1S/C42H90N16O12/c43-19-31(59)25-49-37(65)1-7-55(8-2-38(66)50-26-32(60)20-44)13-16-58(17-14-56(9-3-39(67)51-27-33(61)21-45)10-4-40(68)52-28-34(62)22-46)18-15-57(11-5-41(69)53-29-35(63)23-47)12-6-42(70)54-30-36(64)24-48/h31-36,59-64H,1-30,43-48H2,(H,49,65)(H,50,66)(H,51,67)(H,52,68)(H,53,69)(H,54,70). The van der Waals surface area contributed by atoms with Gasteiger partial charge in [0.2, 0.25) is 35.4 Å². The second-order valence-corrected chi connectivity index (χ2v) is 17.0. The Kier molecular flexibility index (Phi) is 39.5. The number of nitrogens with zero attached hydrogens (tertiary/aromatic N) is 4. The molecule has 28 heteroatoms. The van der Waals surface area contributed by atoms with Crippen molar-refractivity contribution in [1.29, 1.82) is 0 Å². The molecule has 0 aromatic rings. The molecule has 0 saturated carbocycles. The zero-order valence-electron chi connectivity index (χ0n) is 41.1. The van der Waals surface area contributed by atoms with Crippen LogP contribution in [0.15, 0.2) is 0 Å². The summed E-state index contributed by atoms with van der Waals surface area (Å²) in [5.74, 6) is -2.07. The molecule has 6 unspecified atom stereocenters. The van der Waals surface area contributed by atoms with Gasteiger partial charge in [0.15, 0.2) is 0 Å². The Morgan fingerprint density at radius 2 is 0.400 bits per heavy atom. The van der Waals surface area contributed by atoms with Crippen LogP contribution >= 0.6 is 0 Å². The quantitative estimate of drug-likeness (QED) is 0.0269. The molecule has 0 aliphatic rings. The smallest absolute Gasteiger partial charge is 0.221 e. The Bertz CT molecular complexity index is 1180. The van der Waals surface area contributed by atoms with Crippen LogP contribution in [0, 0.1) is 0 Å². The molecule has 6 amide bonds. The van der Waals surface area contributed by atoms with Crippen molar-refractivity contribution in [3.8, 4) is 0 Å². The summed E-state index contributed by atoms with van der Waals surface area (Å²) in [5.41, 5.74) is 32.9. The lowest BCUT2D eigenvalue weighted by atomic mass is 10.2. The largest absolute Gasteiger partial charge is 0.390 e. The molecule has 0 radical (unpaired) electrons. The summed E-state index contributed by atoms with van der Waals surface area (Å²) in [6.45, 7) is 2.99. The molecule has 0 aromatic carbocycles. The maximum Gasteiger partial charge on any atom is 0.221 e. The van der Waals surface area contributed by atoms with E-state index >= 15 is 0 Å². The third-order valence-corrected chi connectivity index (χ3v) is 11.0. The molecule has 0 rings (SSSR count). The number of aliphatic hydroxyl groups is 6. The number of amides is 6. The van der Waals surface area contributed by atoms with Gasteiger partial charge in [0.05, 0.1) is 36.6 Å². The topological polar surface area (TPSA) is 465 Å². The van der Waals surface area contributed by atoms with E-state index in [1.54, 1.807) is 0 Å². The van der Waals surface area contributed by atoms with E-state index in [-0.39, 0.29) is 192 Å². The van der Waals surface area contributed by atoms with E-state index < -0.39 is 36.6 Å². The highest BCUT2D eigenvalue weighted by Crippen LogP contribution is 2.04. The molecule has 0 bridgehead atoms. The van der Waals surface area contributed by atoms with Crippen molar-refractivity contribution in [1.82, 2.24) is 51.5 Å². The number of nitrogens with two attached hydrogens (primary N) is 6.